The van der Waals surface area contributed by atoms with Gasteiger partial charge in [0.25, 0.3) is 5.69 Å². The minimum absolute atomic E-state index is 0.0541. The van der Waals surface area contributed by atoms with Gasteiger partial charge in [0.05, 0.1) is 27.0 Å². The predicted octanol–water partition coefficient (Wildman–Crippen LogP) is 2.60. The third-order valence-electron chi connectivity index (χ3n) is 2.81. The van der Waals surface area contributed by atoms with Gasteiger partial charge in [0, 0.05) is 17.0 Å². The summed E-state index contributed by atoms with van der Waals surface area (Å²) < 4.78 is 12.1. The molecule has 7 heteroatoms. The molecule has 6 nitrogen and oxygen atoms in total. The molecule has 0 fully saturated rings. The van der Waals surface area contributed by atoms with Crippen molar-refractivity contribution < 1.29 is 19.0 Å². The molecule has 0 saturated carbocycles. The maximum Gasteiger partial charge on any atom is 0.335 e. The third kappa shape index (κ3) is 3.73. The van der Waals surface area contributed by atoms with E-state index in [1.165, 1.54) is 36.4 Å². The number of carbonyl (C=O) groups is 1. The van der Waals surface area contributed by atoms with Gasteiger partial charge >= 0.3 is 5.97 Å². The monoisotopic (exact) mass is 305 g/mol. The first-order valence-corrected chi connectivity index (χ1v) is 7.24. The average Bonchev–Trinajstić information content (AvgIpc) is 2.47. The van der Waals surface area contributed by atoms with E-state index in [0.29, 0.717) is 4.90 Å². The van der Waals surface area contributed by atoms with Crippen LogP contribution in [-0.4, -0.2) is 20.2 Å². The number of aromatic carboxylic acids is 1. The summed E-state index contributed by atoms with van der Waals surface area (Å²) in [7, 11) is -1.34. The lowest BCUT2D eigenvalue weighted by Gasteiger charge is -2.03. The van der Waals surface area contributed by atoms with E-state index in [1.54, 1.807) is 12.1 Å². The van der Waals surface area contributed by atoms with Crippen molar-refractivity contribution in [1.29, 1.82) is 0 Å². The van der Waals surface area contributed by atoms with Crippen LogP contribution in [-0.2, 0) is 16.6 Å². The fraction of sp³-hybridized carbons (Fsp3) is 0.0714. The molecule has 1 N–H and O–H groups in total. The van der Waals surface area contributed by atoms with Gasteiger partial charge in [-0.2, -0.15) is 0 Å². The number of hydrogen-bond acceptors (Lipinski definition) is 4. The Morgan fingerprint density at radius 1 is 1.10 bits per heavy atom. The summed E-state index contributed by atoms with van der Waals surface area (Å²) in [5, 5.41) is 19.3. The van der Waals surface area contributed by atoms with Crippen molar-refractivity contribution in [2.45, 2.75) is 10.6 Å². The number of nitro benzene ring substituents is 1. The fourth-order valence-corrected chi connectivity index (χ4v) is 2.80. The smallest absolute Gasteiger partial charge is 0.335 e. The van der Waals surface area contributed by atoms with E-state index in [1.807, 2.05) is 0 Å². The molecule has 0 bridgehead atoms. The Labute approximate surface area is 122 Å². The van der Waals surface area contributed by atoms with Crippen molar-refractivity contribution in [2.75, 3.05) is 0 Å². The van der Waals surface area contributed by atoms with Crippen molar-refractivity contribution in [1.82, 2.24) is 0 Å². The number of rotatable bonds is 5. The Bertz CT molecular complexity index is 694. The number of benzene rings is 2. The normalized spacial score (nSPS) is 11.8. The van der Waals surface area contributed by atoms with E-state index in [-0.39, 0.29) is 17.0 Å². The van der Waals surface area contributed by atoms with Crippen molar-refractivity contribution in [3.63, 3.8) is 0 Å². The molecule has 2 aromatic rings. The zero-order chi connectivity index (χ0) is 15.4. The number of non-ortho nitro benzene ring substituents is 1. The minimum atomic E-state index is -1.34. The average molecular weight is 305 g/mol. The van der Waals surface area contributed by atoms with Gasteiger partial charge in [0.2, 0.25) is 0 Å². The molecular formula is C14H11NO5S. The van der Waals surface area contributed by atoms with Gasteiger partial charge in [-0.15, -0.1) is 0 Å². The molecule has 0 heterocycles. The number of nitro groups is 1. The molecule has 0 aliphatic heterocycles. The highest BCUT2D eigenvalue weighted by atomic mass is 32.2. The van der Waals surface area contributed by atoms with Crippen LogP contribution in [0, 0.1) is 10.1 Å². The van der Waals surface area contributed by atoms with Crippen LogP contribution in [0.4, 0.5) is 5.69 Å². The lowest BCUT2D eigenvalue weighted by molar-refractivity contribution is -0.384. The van der Waals surface area contributed by atoms with Gasteiger partial charge in [-0.25, -0.2) is 4.79 Å². The van der Waals surface area contributed by atoms with Gasteiger partial charge in [-0.05, 0) is 29.8 Å². The lowest BCUT2D eigenvalue weighted by atomic mass is 10.1. The van der Waals surface area contributed by atoms with Gasteiger partial charge in [-0.3, -0.25) is 14.3 Å². The van der Waals surface area contributed by atoms with Gasteiger partial charge in [0.15, 0.2) is 0 Å². The summed E-state index contributed by atoms with van der Waals surface area (Å²) >= 11 is 0. The Hall–Kier alpha value is -2.54. The number of carboxylic acids is 1. The summed E-state index contributed by atoms with van der Waals surface area (Å²) in [4.78, 5) is 21.2. The Kier molecular flexibility index (Phi) is 4.44. The summed E-state index contributed by atoms with van der Waals surface area (Å²) in [6.07, 6.45) is 0. The summed E-state index contributed by atoms with van der Waals surface area (Å²) in [6.45, 7) is 0. The minimum Gasteiger partial charge on any atom is -0.478 e. The molecule has 0 aromatic heterocycles. The molecule has 21 heavy (non-hydrogen) atoms. The zero-order valence-corrected chi connectivity index (χ0v) is 11.6. The van der Waals surface area contributed by atoms with Crippen molar-refractivity contribution in [3.05, 3.63) is 69.8 Å². The lowest BCUT2D eigenvalue weighted by Crippen LogP contribution is -1.99. The van der Waals surface area contributed by atoms with E-state index in [9.17, 15) is 19.1 Å². The molecule has 2 rings (SSSR count). The quantitative estimate of drug-likeness (QED) is 0.676. The first-order valence-electron chi connectivity index (χ1n) is 5.92. The maximum atomic E-state index is 12.1. The van der Waals surface area contributed by atoms with Crippen LogP contribution >= 0.6 is 0 Å². The molecule has 2 aromatic carbocycles. The molecule has 108 valence electrons. The molecule has 0 aliphatic carbocycles. The van der Waals surface area contributed by atoms with E-state index in [0.717, 1.165) is 5.56 Å². The van der Waals surface area contributed by atoms with Crippen molar-refractivity contribution in [2.24, 2.45) is 0 Å². The summed E-state index contributed by atoms with van der Waals surface area (Å²) in [6, 6.07) is 11.6. The summed E-state index contributed by atoms with van der Waals surface area (Å²) in [5.41, 5.74) is 0.845. The number of hydrogen-bond donors (Lipinski definition) is 1. The van der Waals surface area contributed by atoms with Crippen LogP contribution in [0.5, 0.6) is 0 Å². The molecule has 0 spiro atoms. The zero-order valence-electron chi connectivity index (χ0n) is 10.8. The van der Waals surface area contributed by atoms with Crippen LogP contribution in [0.15, 0.2) is 53.4 Å². The van der Waals surface area contributed by atoms with E-state index >= 15 is 0 Å². The second kappa shape index (κ2) is 6.27. The Morgan fingerprint density at radius 3 is 2.14 bits per heavy atom. The highest BCUT2D eigenvalue weighted by Gasteiger charge is 2.09. The molecule has 0 saturated heterocycles. The highest BCUT2D eigenvalue weighted by Crippen LogP contribution is 2.17. The first-order chi connectivity index (χ1) is 9.97. The molecule has 0 radical (unpaired) electrons. The first kappa shape index (κ1) is 14.9. The second-order valence-corrected chi connectivity index (χ2v) is 5.69. The maximum absolute atomic E-state index is 12.1. The summed E-state index contributed by atoms with van der Waals surface area (Å²) in [5.74, 6) is -0.796. The van der Waals surface area contributed by atoms with Crippen LogP contribution in [0.3, 0.4) is 0 Å². The SMILES string of the molecule is O=C(O)c1ccc(CS(=O)c2ccc([N+](=O)[O-])cc2)cc1. The van der Waals surface area contributed by atoms with Crippen LogP contribution in [0.25, 0.3) is 0 Å². The van der Waals surface area contributed by atoms with Gasteiger partial charge in [-0.1, -0.05) is 12.1 Å². The molecular weight excluding hydrogens is 294 g/mol. The molecule has 1 atom stereocenters. The van der Waals surface area contributed by atoms with E-state index < -0.39 is 21.7 Å². The van der Waals surface area contributed by atoms with Crippen LogP contribution < -0.4 is 0 Å². The van der Waals surface area contributed by atoms with Crippen molar-refractivity contribution >= 4 is 22.5 Å². The third-order valence-corrected chi connectivity index (χ3v) is 4.20. The topological polar surface area (TPSA) is 97.5 Å². The van der Waals surface area contributed by atoms with E-state index in [2.05, 4.69) is 0 Å². The molecule has 0 amide bonds. The largest absolute Gasteiger partial charge is 0.478 e. The van der Waals surface area contributed by atoms with Gasteiger partial charge < -0.3 is 5.11 Å². The van der Waals surface area contributed by atoms with Crippen LogP contribution in [0.1, 0.15) is 15.9 Å². The molecule has 1 unspecified atom stereocenters. The standard InChI is InChI=1S/C14H11NO5S/c16-14(17)11-3-1-10(2-4-11)9-21(20)13-7-5-12(6-8-13)15(18)19/h1-8H,9H2,(H,16,17). The molecule has 0 aliphatic rings. The van der Waals surface area contributed by atoms with Gasteiger partial charge in [0.1, 0.15) is 0 Å². The van der Waals surface area contributed by atoms with Crippen LogP contribution in [0.2, 0.25) is 0 Å². The highest BCUT2D eigenvalue weighted by molar-refractivity contribution is 7.84. The Morgan fingerprint density at radius 2 is 1.67 bits per heavy atom. The Balaban J connectivity index is 2.10. The number of nitrogens with zero attached hydrogens (tertiary/aromatic N) is 1. The van der Waals surface area contributed by atoms with E-state index in [4.69, 9.17) is 5.11 Å². The second-order valence-electron chi connectivity index (χ2n) is 4.24. The number of carboxylic acid groups (broad SMARTS) is 1. The predicted molar refractivity (Wildman–Crippen MR) is 76.6 cm³/mol. The fourth-order valence-electron chi connectivity index (χ4n) is 1.70. The van der Waals surface area contributed by atoms with Crippen molar-refractivity contribution in [3.8, 4) is 0 Å².